The van der Waals surface area contributed by atoms with E-state index in [1.165, 1.54) is 0 Å². The van der Waals surface area contributed by atoms with Crippen molar-refractivity contribution in [3.05, 3.63) is 0 Å². The highest BCUT2D eigenvalue weighted by Gasteiger charge is 2.31. The molecule has 1 N–H and O–H groups in total. The molecule has 0 aliphatic carbocycles. The molecule has 0 radical (unpaired) electrons. The van der Waals surface area contributed by atoms with Crippen LogP contribution >= 0.6 is 0 Å². The van der Waals surface area contributed by atoms with Gasteiger partial charge in [-0.1, -0.05) is 13.8 Å². The molecule has 1 fully saturated rings. The molecule has 1 aliphatic rings. The van der Waals surface area contributed by atoms with E-state index < -0.39 is 0 Å². The van der Waals surface area contributed by atoms with E-state index in [9.17, 15) is 0 Å². The van der Waals surface area contributed by atoms with E-state index in [0.717, 1.165) is 19.5 Å². The van der Waals surface area contributed by atoms with Crippen molar-refractivity contribution in [3.8, 4) is 6.07 Å². The van der Waals surface area contributed by atoms with Gasteiger partial charge in [-0.3, -0.25) is 0 Å². The zero-order chi connectivity index (χ0) is 7.61. The maximum Gasteiger partial charge on any atom is 0.0662 e. The lowest BCUT2D eigenvalue weighted by Crippen LogP contribution is -2.42. The van der Waals surface area contributed by atoms with Gasteiger partial charge >= 0.3 is 0 Å². The summed E-state index contributed by atoms with van der Waals surface area (Å²) in [4.78, 5) is 0. The Morgan fingerprint density at radius 3 is 2.70 bits per heavy atom. The minimum atomic E-state index is 0.174. The lowest BCUT2D eigenvalue weighted by molar-refractivity contribution is 0.203. The first-order valence-corrected chi connectivity index (χ1v) is 3.77. The minimum absolute atomic E-state index is 0.174. The fraction of sp³-hybridized carbons (Fsp3) is 0.875. The van der Waals surface area contributed by atoms with Crippen LogP contribution in [0.5, 0.6) is 0 Å². The van der Waals surface area contributed by atoms with Gasteiger partial charge in [-0.25, -0.2) is 0 Å². The van der Waals surface area contributed by atoms with Crippen LogP contribution in [0.1, 0.15) is 20.3 Å². The molecule has 56 valence electrons. The number of nitriles is 1. The predicted molar refractivity (Wildman–Crippen MR) is 40.4 cm³/mol. The van der Waals surface area contributed by atoms with Crippen LogP contribution < -0.4 is 5.32 Å². The molecule has 0 amide bonds. The minimum Gasteiger partial charge on any atom is -0.316 e. The number of hydrogen-bond donors (Lipinski definition) is 1. The Kier molecular flexibility index (Phi) is 1.96. The van der Waals surface area contributed by atoms with Crippen LogP contribution in [0.3, 0.4) is 0 Å². The third-order valence-corrected chi connectivity index (χ3v) is 2.29. The number of hydrogen-bond acceptors (Lipinski definition) is 2. The van der Waals surface area contributed by atoms with E-state index in [-0.39, 0.29) is 11.3 Å². The van der Waals surface area contributed by atoms with Crippen molar-refractivity contribution >= 4 is 0 Å². The Balaban J connectivity index is 2.62. The fourth-order valence-electron chi connectivity index (χ4n) is 1.41. The van der Waals surface area contributed by atoms with Crippen LogP contribution in [0.4, 0.5) is 0 Å². The normalized spacial score (nSPS) is 31.1. The summed E-state index contributed by atoms with van der Waals surface area (Å²) in [6, 6.07) is 2.35. The topological polar surface area (TPSA) is 35.8 Å². The van der Waals surface area contributed by atoms with Crippen LogP contribution in [-0.2, 0) is 0 Å². The molecule has 1 unspecified atom stereocenters. The summed E-state index contributed by atoms with van der Waals surface area (Å²) in [6.45, 7) is 6.27. The monoisotopic (exact) mass is 138 g/mol. The molecule has 0 bridgehead atoms. The van der Waals surface area contributed by atoms with E-state index in [0.29, 0.717) is 0 Å². The Bertz CT molecular complexity index is 155. The van der Waals surface area contributed by atoms with Crippen molar-refractivity contribution in [2.24, 2.45) is 11.3 Å². The molecule has 0 spiro atoms. The standard InChI is InChI=1S/C8H14N2/c1-8(2)6-10-4-3-7(8)5-9/h7,10H,3-4,6H2,1-2H3. The van der Waals surface area contributed by atoms with E-state index in [2.05, 4.69) is 25.2 Å². The van der Waals surface area contributed by atoms with Crippen molar-refractivity contribution in [1.82, 2.24) is 5.32 Å². The summed E-state index contributed by atoms with van der Waals surface area (Å²) in [7, 11) is 0. The highest BCUT2D eigenvalue weighted by Crippen LogP contribution is 2.30. The molecule has 0 aromatic rings. The number of nitrogens with zero attached hydrogens (tertiary/aromatic N) is 1. The highest BCUT2D eigenvalue weighted by molar-refractivity contribution is 4.97. The molecule has 0 aromatic heterocycles. The summed E-state index contributed by atoms with van der Waals surface area (Å²) in [5, 5.41) is 12.0. The van der Waals surface area contributed by atoms with Crippen LogP contribution in [0.15, 0.2) is 0 Å². The van der Waals surface area contributed by atoms with Crippen LogP contribution in [0.25, 0.3) is 0 Å². The molecule has 1 saturated heterocycles. The summed E-state index contributed by atoms with van der Waals surface area (Å²) >= 11 is 0. The molecule has 1 heterocycles. The molecule has 2 nitrogen and oxygen atoms in total. The van der Waals surface area contributed by atoms with Crippen molar-refractivity contribution in [2.45, 2.75) is 20.3 Å². The highest BCUT2D eigenvalue weighted by atomic mass is 14.9. The van der Waals surface area contributed by atoms with Gasteiger partial charge in [0.25, 0.3) is 0 Å². The molecule has 1 atom stereocenters. The zero-order valence-corrected chi connectivity index (χ0v) is 6.65. The van der Waals surface area contributed by atoms with Gasteiger partial charge in [0, 0.05) is 6.54 Å². The average molecular weight is 138 g/mol. The SMILES string of the molecule is CC1(C)CNCCC1C#N. The summed E-state index contributed by atoms with van der Waals surface area (Å²) < 4.78 is 0. The van der Waals surface area contributed by atoms with Crippen LogP contribution in [0, 0.1) is 22.7 Å². The summed E-state index contributed by atoms with van der Waals surface area (Å²) in [6.07, 6.45) is 1.00. The largest absolute Gasteiger partial charge is 0.316 e. The van der Waals surface area contributed by atoms with E-state index in [1.54, 1.807) is 0 Å². The molecule has 0 saturated carbocycles. The van der Waals surface area contributed by atoms with Gasteiger partial charge in [0.1, 0.15) is 0 Å². The fourth-order valence-corrected chi connectivity index (χ4v) is 1.41. The molecule has 0 aromatic carbocycles. The van der Waals surface area contributed by atoms with Crippen molar-refractivity contribution in [3.63, 3.8) is 0 Å². The van der Waals surface area contributed by atoms with Gasteiger partial charge in [-0.05, 0) is 18.4 Å². The second-order valence-electron chi connectivity index (χ2n) is 3.64. The van der Waals surface area contributed by atoms with Crippen molar-refractivity contribution in [1.29, 1.82) is 5.26 Å². The van der Waals surface area contributed by atoms with Gasteiger partial charge < -0.3 is 5.32 Å². The first-order chi connectivity index (χ1) is 4.67. The van der Waals surface area contributed by atoms with Gasteiger partial charge in [-0.15, -0.1) is 0 Å². The Morgan fingerprint density at radius 1 is 1.60 bits per heavy atom. The number of nitrogens with one attached hydrogen (secondary N) is 1. The van der Waals surface area contributed by atoms with Crippen LogP contribution in [0.2, 0.25) is 0 Å². The molecule has 2 heteroatoms. The maximum atomic E-state index is 8.75. The van der Waals surface area contributed by atoms with E-state index in [1.807, 2.05) is 0 Å². The van der Waals surface area contributed by atoms with Gasteiger partial charge in [0.05, 0.1) is 12.0 Å². The van der Waals surface area contributed by atoms with Gasteiger partial charge in [0.15, 0.2) is 0 Å². The Morgan fingerprint density at radius 2 is 2.30 bits per heavy atom. The molecule has 1 rings (SSSR count). The maximum absolute atomic E-state index is 8.75. The number of rotatable bonds is 0. The molecule has 1 aliphatic heterocycles. The van der Waals surface area contributed by atoms with Crippen molar-refractivity contribution in [2.75, 3.05) is 13.1 Å². The molecular formula is C8H14N2. The van der Waals surface area contributed by atoms with Crippen LogP contribution in [-0.4, -0.2) is 13.1 Å². The third kappa shape index (κ3) is 1.30. The summed E-state index contributed by atoms with van der Waals surface area (Å²) in [5.41, 5.74) is 0.174. The first kappa shape index (κ1) is 7.56. The van der Waals surface area contributed by atoms with Gasteiger partial charge in [-0.2, -0.15) is 5.26 Å². The predicted octanol–water partition coefficient (Wildman–Crippen LogP) is 1.15. The third-order valence-electron chi connectivity index (χ3n) is 2.29. The van der Waals surface area contributed by atoms with E-state index in [4.69, 9.17) is 5.26 Å². The summed E-state index contributed by atoms with van der Waals surface area (Å²) in [5.74, 6) is 0.244. The van der Waals surface area contributed by atoms with E-state index >= 15 is 0 Å². The quantitative estimate of drug-likeness (QED) is 0.545. The molecular weight excluding hydrogens is 124 g/mol. The second-order valence-corrected chi connectivity index (χ2v) is 3.64. The molecule has 10 heavy (non-hydrogen) atoms. The first-order valence-electron chi connectivity index (χ1n) is 3.77. The second kappa shape index (κ2) is 2.59. The zero-order valence-electron chi connectivity index (χ0n) is 6.65. The number of piperidine rings is 1. The lowest BCUT2D eigenvalue weighted by Gasteiger charge is -2.34. The van der Waals surface area contributed by atoms with Crippen molar-refractivity contribution < 1.29 is 0 Å². The smallest absolute Gasteiger partial charge is 0.0662 e. The Labute approximate surface area is 62.2 Å². The van der Waals surface area contributed by atoms with Gasteiger partial charge in [0.2, 0.25) is 0 Å². The lowest BCUT2D eigenvalue weighted by atomic mass is 9.75. The average Bonchev–Trinajstić information content (AvgIpc) is 1.87. The Hall–Kier alpha value is -0.550.